The maximum Gasteiger partial charge on any atom is 0.311 e. The zero-order chi connectivity index (χ0) is 21.5. The number of benzene rings is 1. The molecule has 2 atom stereocenters. The first kappa shape index (κ1) is 20.6. The third kappa shape index (κ3) is 3.78. The minimum atomic E-state index is -0.542. The van der Waals surface area contributed by atoms with Gasteiger partial charge in [0.25, 0.3) is 0 Å². The number of carbonyl (C=O) groups is 1. The number of aromatic nitrogens is 2. The van der Waals surface area contributed by atoms with E-state index in [2.05, 4.69) is 15.3 Å². The van der Waals surface area contributed by atoms with Crippen LogP contribution < -0.4 is 5.32 Å². The average molecular weight is 460 g/mol. The van der Waals surface area contributed by atoms with Crippen LogP contribution in [0, 0.1) is 23.6 Å². The lowest BCUT2D eigenvalue weighted by molar-refractivity contribution is -0.154. The van der Waals surface area contributed by atoms with Crippen molar-refractivity contribution in [3.05, 3.63) is 41.4 Å². The van der Waals surface area contributed by atoms with Gasteiger partial charge < -0.3 is 10.1 Å². The number of hydrogen-bond acceptors (Lipinski definition) is 6. The fourth-order valence-electron chi connectivity index (χ4n) is 5.17. The molecular weight excluding hydrogens is 437 g/mol. The lowest BCUT2D eigenvalue weighted by Gasteiger charge is -2.47. The third-order valence-electron chi connectivity index (χ3n) is 6.56. The largest absolute Gasteiger partial charge is 0.466 e. The number of carbonyl (C=O) groups excluding carboxylic acids is 1. The van der Waals surface area contributed by atoms with Gasteiger partial charge in [0.05, 0.1) is 17.4 Å². The summed E-state index contributed by atoms with van der Waals surface area (Å²) in [5.41, 5.74) is 0.178. The monoisotopic (exact) mass is 459 g/mol. The third-order valence-corrected chi connectivity index (χ3v) is 7.86. The summed E-state index contributed by atoms with van der Waals surface area (Å²) in [5, 5.41) is 4.25. The molecule has 0 amide bonds. The molecular formula is C23H23ClFN3O2S. The van der Waals surface area contributed by atoms with Crippen molar-refractivity contribution >= 4 is 44.8 Å². The van der Waals surface area contributed by atoms with Crippen LogP contribution >= 0.6 is 22.9 Å². The molecule has 2 heterocycles. The van der Waals surface area contributed by atoms with Gasteiger partial charge in [0.2, 0.25) is 5.28 Å². The summed E-state index contributed by atoms with van der Waals surface area (Å²) in [6.45, 7) is 2.14. The molecule has 8 heteroatoms. The van der Waals surface area contributed by atoms with Crippen LogP contribution in [0.1, 0.15) is 32.6 Å². The molecule has 0 spiro atoms. The highest BCUT2D eigenvalue weighted by atomic mass is 35.5. The second-order valence-corrected chi connectivity index (χ2v) is 9.70. The quantitative estimate of drug-likeness (QED) is 0.378. The zero-order valence-corrected chi connectivity index (χ0v) is 18.7. The van der Waals surface area contributed by atoms with Crippen LogP contribution in [-0.2, 0) is 9.53 Å². The highest BCUT2D eigenvalue weighted by Gasteiger charge is 2.48. The second kappa shape index (κ2) is 8.36. The van der Waals surface area contributed by atoms with E-state index in [0.717, 1.165) is 35.8 Å². The van der Waals surface area contributed by atoms with E-state index in [1.54, 1.807) is 0 Å². The Morgan fingerprint density at radius 2 is 1.97 bits per heavy atom. The molecule has 3 aliphatic rings. The number of hydrogen-bond donors (Lipinski definition) is 1. The van der Waals surface area contributed by atoms with Crippen LogP contribution in [0.2, 0.25) is 5.28 Å². The summed E-state index contributed by atoms with van der Waals surface area (Å²) in [7, 11) is 0. The number of thiophene rings is 1. The molecule has 2 aromatic heterocycles. The summed E-state index contributed by atoms with van der Waals surface area (Å²) in [6, 6.07) is 9.57. The van der Waals surface area contributed by atoms with Gasteiger partial charge in [-0.3, -0.25) is 4.79 Å². The number of anilines is 1. The lowest BCUT2D eigenvalue weighted by Crippen LogP contribution is -2.52. The molecule has 6 rings (SSSR count). The van der Waals surface area contributed by atoms with Crippen LogP contribution in [0.5, 0.6) is 0 Å². The van der Waals surface area contributed by atoms with Crippen molar-refractivity contribution in [3.63, 3.8) is 0 Å². The van der Waals surface area contributed by atoms with Crippen molar-refractivity contribution in [2.24, 2.45) is 17.8 Å². The van der Waals surface area contributed by atoms with Gasteiger partial charge in [-0.1, -0.05) is 18.2 Å². The molecule has 5 nitrogen and oxygen atoms in total. The number of nitrogens with one attached hydrogen (secondary N) is 1. The first-order valence-corrected chi connectivity index (χ1v) is 11.9. The van der Waals surface area contributed by atoms with E-state index >= 15 is 4.39 Å². The molecule has 0 aliphatic heterocycles. The molecule has 0 radical (unpaired) electrons. The number of ether oxygens (including phenoxy) is 1. The summed E-state index contributed by atoms with van der Waals surface area (Å²) < 4.78 is 22.0. The summed E-state index contributed by atoms with van der Waals surface area (Å²) in [4.78, 5) is 21.7. The number of halogens is 2. The molecule has 0 saturated heterocycles. The Morgan fingerprint density at radius 1 is 1.23 bits per heavy atom. The Kier molecular flexibility index (Phi) is 5.56. The first-order chi connectivity index (χ1) is 15.0. The van der Waals surface area contributed by atoms with Gasteiger partial charge in [-0.15, -0.1) is 11.3 Å². The SMILES string of the molecule is CCOC(=O)[C@H]1C2CCC(CC2)[C@@H]1Nc1nc(Cl)nc(-c2cc3ccccc3s2)c1F. The normalized spacial score (nSPS) is 25.0. The Bertz CT molecular complexity index is 1100. The van der Waals surface area contributed by atoms with Gasteiger partial charge in [0, 0.05) is 10.7 Å². The molecule has 3 fully saturated rings. The molecule has 2 bridgehead atoms. The van der Waals surface area contributed by atoms with E-state index in [1.807, 2.05) is 37.3 Å². The number of rotatable bonds is 5. The molecule has 3 saturated carbocycles. The molecule has 31 heavy (non-hydrogen) atoms. The van der Waals surface area contributed by atoms with E-state index < -0.39 is 5.82 Å². The van der Waals surface area contributed by atoms with Gasteiger partial charge in [-0.25, -0.2) is 9.37 Å². The zero-order valence-electron chi connectivity index (χ0n) is 17.1. The van der Waals surface area contributed by atoms with Crippen molar-refractivity contribution < 1.29 is 13.9 Å². The Balaban J connectivity index is 1.51. The maximum atomic E-state index is 15.6. The Labute approximate surface area is 189 Å². The fraction of sp³-hybridized carbons (Fsp3) is 0.435. The minimum absolute atomic E-state index is 0.0231. The van der Waals surface area contributed by atoms with E-state index in [4.69, 9.17) is 16.3 Å². The Hall–Kier alpha value is -2.25. The van der Waals surface area contributed by atoms with Crippen LogP contribution in [0.3, 0.4) is 0 Å². The van der Waals surface area contributed by atoms with Gasteiger partial charge in [0.15, 0.2) is 11.6 Å². The fourth-order valence-corrected chi connectivity index (χ4v) is 6.39. The average Bonchev–Trinajstić information content (AvgIpc) is 3.21. The predicted molar refractivity (Wildman–Crippen MR) is 121 cm³/mol. The molecule has 162 valence electrons. The summed E-state index contributed by atoms with van der Waals surface area (Å²) >= 11 is 7.66. The summed E-state index contributed by atoms with van der Waals surface area (Å²) in [5.74, 6) is -0.461. The van der Waals surface area contributed by atoms with Crippen molar-refractivity contribution in [2.75, 3.05) is 11.9 Å². The molecule has 1 N–H and O–H groups in total. The van der Waals surface area contributed by atoms with Crippen molar-refractivity contribution in [2.45, 2.75) is 38.6 Å². The van der Waals surface area contributed by atoms with E-state index in [0.29, 0.717) is 11.5 Å². The topological polar surface area (TPSA) is 64.1 Å². The van der Waals surface area contributed by atoms with Crippen LogP contribution in [0.25, 0.3) is 20.7 Å². The molecule has 0 unspecified atom stereocenters. The summed E-state index contributed by atoms with van der Waals surface area (Å²) in [6.07, 6.45) is 4.04. The van der Waals surface area contributed by atoms with Gasteiger partial charge in [0.1, 0.15) is 5.69 Å². The van der Waals surface area contributed by atoms with E-state index in [-0.39, 0.29) is 46.6 Å². The van der Waals surface area contributed by atoms with Crippen molar-refractivity contribution in [1.29, 1.82) is 0 Å². The standard InChI is InChI=1S/C23H23ClFN3O2S/c1-2-30-22(29)17-12-7-9-13(10-8-12)19(17)26-21-18(25)20(27-23(24)28-21)16-11-14-5-3-4-6-15(14)31-16/h3-6,11-13,17,19H,2,7-10H2,1H3,(H,26,27,28)/t12?,13?,17-,19-/m0/s1. The van der Waals surface area contributed by atoms with Gasteiger partial charge in [-0.05, 0) is 73.6 Å². The van der Waals surface area contributed by atoms with Crippen LogP contribution in [0.15, 0.2) is 30.3 Å². The number of nitrogens with zero attached hydrogens (tertiary/aromatic N) is 2. The Morgan fingerprint density at radius 3 is 2.71 bits per heavy atom. The van der Waals surface area contributed by atoms with Crippen LogP contribution in [0.4, 0.5) is 10.2 Å². The van der Waals surface area contributed by atoms with Gasteiger partial charge in [-0.2, -0.15) is 4.98 Å². The van der Waals surface area contributed by atoms with Crippen molar-refractivity contribution in [3.8, 4) is 10.6 Å². The molecule has 3 aromatic rings. The first-order valence-electron chi connectivity index (χ1n) is 10.7. The number of esters is 1. The smallest absolute Gasteiger partial charge is 0.311 e. The van der Waals surface area contributed by atoms with Gasteiger partial charge >= 0.3 is 5.97 Å². The van der Waals surface area contributed by atoms with E-state index in [1.165, 1.54) is 11.3 Å². The van der Waals surface area contributed by atoms with Crippen molar-refractivity contribution in [1.82, 2.24) is 9.97 Å². The highest BCUT2D eigenvalue weighted by molar-refractivity contribution is 7.22. The molecule has 1 aromatic carbocycles. The minimum Gasteiger partial charge on any atom is -0.466 e. The highest BCUT2D eigenvalue weighted by Crippen LogP contribution is 2.47. The predicted octanol–water partition coefficient (Wildman–Crippen LogP) is 5.93. The second-order valence-electron chi connectivity index (χ2n) is 8.28. The number of fused-ring (bicyclic) bond motifs is 4. The van der Waals surface area contributed by atoms with Crippen LogP contribution in [-0.4, -0.2) is 28.6 Å². The molecule has 3 aliphatic carbocycles. The van der Waals surface area contributed by atoms with E-state index in [9.17, 15) is 4.79 Å². The maximum absolute atomic E-state index is 15.6. The lowest BCUT2D eigenvalue weighted by atomic mass is 9.61.